The summed E-state index contributed by atoms with van der Waals surface area (Å²) in [5.74, 6) is 0.853. The highest BCUT2D eigenvalue weighted by atomic mass is 32.2. The monoisotopic (exact) mass is 230 g/mol. The molecule has 0 bridgehead atoms. The second-order valence-corrected chi connectivity index (χ2v) is 5.44. The van der Waals surface area contributed by atoms with Crippen molar-refractivity contribution in [2.75, 3.05) is 7.11 Å². The van der Waals surface area contributed by atoms with Crippen molar-refractivity contribution < 1.29 is 9.53 Å². The van der Waals surface area contributed by atoms with Gasteiger partial charge in [-0.1, -0.05) is 13.0 Å². The van der Waals surface area contributed by atoms with E-state index < -0.39 is 0 Å². The van der Waals surface area contributed by atoms with Crippen LogP contribution in [0.2, 0.25) is 0 Å². The largest absolute Gasteiger partial charge is 0.469 e. The SMILES string of the molecule is COC(=O)CC(C)SCc1cccs1. The molecule has 0 spiro atoms. The molecule has 1 unspecified atom stereocenters. The Kier molecular flexibility index (Phi) is 5.04. The maximum Gasteiger partial charge on any atom is 0.306 e. The summed E-state index contributed by atoms with van der Waals surface area (Å²) in [6.45, 7) is 2.05. The molecule has 0 aliphatic rings. The van der Waals surface area contributed by atoms with E-state index in [2.05, 4.69) is 23.1 Å². The molecule has 0 saturated carbocycles. The van der Waals surface area contributed by atoms with Gasteiger partial charge in [0.25, 0.3) is 0 Å². The van der Waals surface area contributed by atoms with E-state index in [9.17, 15) is 4.79 Å². The van der Waals surface area contributed by atoms with E-state index in [-0.39, 0.29) is 5.97 Å². The van der Waals surface area contributed by atoms with Gasteiger partial charge in [0, 0.05) is 15.9 Å². The van der Waals surface area contributed by atoms with Crippen LogP contribution in [0, 0.1) is 0 Å². The summed E-state index contributed by atoms with van der Waals surface area (Å²) in [5.41, 5.74) is 0. The van der Waals surface area contributed by atoms with Gasteiger partial charge >= 0.3 is 5.97 Å². The Morgan fingerprint density at radius 3 is 3.07 bits per heavy atom. The predicted molar refractivity (Wildman–Crippen MR) is 61.7 cm³/mol. The quantitative estimate of drug-likeness (QED) is 0.727. The van der Waals surface area contributed by atoms with Crippen LogP contribution in [-0.2, 0) is 15.3 Å². The molecule has 1 rings (SSSR count). The third-order valence-electron chi connectivity index (χ3n) is 1.77. The molecule has 1 atom stereocenters. The average Bonchev–Trinajstić information content (AvgIpc) is 2.67. The number of esters is 1. The van der Waals surface area contributed by atoms with Crippen molar-refractivity contribution in [3.05, 3.63) is 22.4 Å². The Morgan fingerprint density at radius 1 is 1.71 bits per heavy atom. The fourth-order valence-corrected chi connectivity index (χ4v) is 2.76. The van der Waals surface area contributed by atoms with Crippen molar-refractivity contribution in [2.45, 2.75) is 24.3 Å². The summed E-state index contributed by atoms with van der Waals surface area (Å²) < 4.78 is 4.61. The molecule has 1 aromatic heterocycles. The summed E-state index contributed by atoms with van der Waals surface area (Å²) in [7, 11) is 1.43. The van der Waals surface area contributed by atoms with E-state index in [0.717, 1.165) is 5.75 Å². The van der Waals surface area contributed by atoms with Crippen LogP contribution in [0.15, 0.2) is 17.5 Å². The first-order valence-electron chi connectivity index (χ1n) is 4.43. The van der Waals surface area contributed by atoms with Crippen LogP contribution in [0.5, 0.6) is 0 Å². The van der Waals surface area contributed by atoms with Crippen molar-refractivity contribution in [2.24, 2.45) is 0 Å². The molecule has 0 amide bonds. The molecule has 78 valence electrons. The Labute approximate surface area is 92.7 Å². The maximum absolute atomic E-state index is 11.0. The molecule has 2 nitrogen and oxygen atoms in total. The van der Waals surface area contributed by atoms with Gasteiger partial charge in [0.2, 0.25) is 0 Å². The summed E-state index contributed by atoms with van der Waals surface area (Å²) in [4.78, 5) is 12.3. The lowest BCUT2D eigenvalue weighted by Crippen LogP contribution is -2.08. The van der Waals surface area contributed by atoms with Gasteiger partial charge in [0.1, 0.15) is 0 Å². The van der Waals surface area contributed by atoms with Crippen molar-refractivity contribution in [3.63, 3.8) is 0 Å². The third-order valence-corrected chi connectivity index (χ3v) is 4.04. The molecule has 1 heterocycles. The van der Waals surface area contributed by atoms with E-state index in [1.807, 2.05) is 6.07 Å². The van der Waals surface area contributed by atoms with Crippen LogP contribution in [-0.4, -0.2) is 18.3 Å². The summed E-state index contributed by atoms with van der Waals surface area (Å²) >= 11 is 3.54. The van der Waals surface area contributed by atoms with Crippen LogP contribution >= 0.6 is 23.1 Å². The van der Waals surface area contributed by atoms with E-state index >= 15 is 0 Å². The molecule has 0 aliphatic heterocycles. The molecule has 0 aliphatic carbocycles. The smallest absolute Gasteiger partial charge is 0.306 e. The number of thiophene rings is 1. The molecule has 0 N–H and O–H groups in total. The molecule has 0 saturated heterocycles. The average molecular weight is 230 g/mol. The second kappa shape index (κ2) is 6.09. The van der Waals surface area contributed by atoms with E-state index in [1.165, 1.54) is 12.0 Å². The molecule has 0 aromatic carbocycles. The van der Waals surface area contributed by atoms with Crippen LogP contribution in [0.4, 0.5) is 0 Å². The second-order valence-electron chi connectivity index (χ2n) is 2.98. The first-order valence-corrected chi connectivity index (χ1v) is 6.36. The van der Waals surface area contributed by atoms with Crippen LogP contribution in [0.1, 0.15) is 18.2 Å². The number of ether oxygens (including phenoxy) is 1. The van der Waals surface area contributed by atoms with Crippen molar-refractivity contribution in [1.82, 2.24) is 0 Å². The van der Waals surface area contributed by atoms with Crippen LogP contribution in [0.3, 0.4) is 0 Å². The molecule has 1 aromatic rings. The van der Waals surface area contributed by atoms with Crippen molar-refractivity contribution >= 4 is 29.1 Å². The van der Waals surface area contributed by atoms with Gasteiger partial charge in [-0.15, -0.1) is 11.3 Å². The maximum atomic E-state index is 11.0. The Hall–Kier alpha value is -0.480. The Balaban J connectivity index is 2.21. The van der Waals surface area contributed by atoms with E-state index in [0.29, 0.717) is 11.7 Å². The molecule has 0 radical (unpaired) electrons. The minimum absolute atomic E-state index is 0.129. The van der Waals surface area contributed by atoms with Crippen LogP contribution in [0.25, 0.3) is 0 Å². The number of carbonyl (C=O) groups is 1. The Morgan fingerprint density at radius 2 is 2.50 bits per heavy atom. The summed E-state index contributed by atoms with van der Waals surface area (Å²) in [6, 6.07) is 4.16. The first kappa shape index (κ1) is 11.6. The first-order chi connectivity index (χ1) is 6.72. The highest BCUT2D eigenvalue weighted by Gasteiger charge is 2.09. The van der Waals surface area contributed by atoms with Gasteiger partial charge in [0.05, 0.1) is 13.5 Å². The molecule has 14 heavy (non-hydrogen) atoms. The van der Waals surface area contributed by atoms with Gasteiger partial charge in [-0.05, 0) is 11.4 Å². The number of thioether (sulfide) groups is 1. The number of hydrogen-bond acceptors (Lipinski definition) is 4. The lowest BCUT2D eigenvalue weighted by molar-refractivity contribution is -0.140. The van der Waals surface area contributed by atoms with E-state index in [1.54, 1.807) is 23.1 Å². The highest BCUT2D eigenvalue weighted by molar-refractivity contribution is 7.99. The van der Waals surface area contributed by atoms with Gasteiger partial charge < -0.3 is 4.74 Å². The van der Waals surface area contributed by atoms with Gasteiger partial charge in [0.15, 0.2) is 0 Å². The summed E-state index contributed by atoms with van der Waals surface area (Å²) in [6.07, 6.45) is 0.493. The standard InChI is InChI=1S/C10H14O2S2/c1-8(6-10(11)12-2)14-7-9-4-3-5-13-9/h3-5,8H,6-7H2,1-2H3. The number of methoxy groups -OCH3 is 1. The lowest BCUT2D eigenvalue weighted by atomic mass is 10.3. The zero-order valence-electron chi connectivity index (χ0n) is 8.36. The highest BCUT2D eigenvalue weighted by Crippen LogP contribution is 2.22. The number of hydrogen-bond donors (Lipinski definition) is 0. The minimum Gasteiger partial charge on any atom is -0.469 e. The minimum atomic E-state index is -0.129. The van der Waals surface area contributed by atoms with Crippen molar-refractivity contribution in [3.8, 4) is 0 Å². The normalized spacial score (nSPS) is 12.4. The molecular weight excluding hydrogens is 216 g/mol. The number of carbonyl (C=O) groups excluding carboxylic acids is 1. The molecule has 4 heteroatoms. The fraction of sp³-hybridized carbons (Fsp3) is 0.500. The van der Waals surface area contributed by atoms with E-state index in [4.69, 9.17) is 0 Å². The number of rotatable bonds is 5. The Bertz CT molecular complexity index is 270. The molecular formula is C10H14O2S2. The topological polar surface area (TPSA) is 26.3 Å². The van der Waals surface area contributed by atoms with Gasteiger partial charge in [-0.25, -0.2) is 0 Å². The third kappa shape index (κ3) is 4.15. The lowest BCUT2D eigenvalue weighted by Gasteiger charge is -2.08. The summed E-state index contributed by atoms with van der Waals surface area (Å²) in [5, 5.41) is 2.39. The zero-order chi connectivity index (χ0) is 10.4. The predicted octanol–water partition coefficient (Wildman–Crippen LogP) is 2.93. The van der Waals surface area contributed by atoms with Crippen molar-refractivity contribution in [1.29, 1.82) is 0 Å². The van der Waals surface area contributed by atoms with Gasteiger partial charge in [-0.2, -0.15) is 11.8 Å². The molecule has 0 fully saturated rings. The van der Waals surface area contributed by atoms with Gasteiger partial charge in [-0.3, -0.25) is 4.79 Å². The van der Waals surface area contributed by atoms with Crippen LogP contribution < -0.4 is 0 Å². The zero-order valence-corrected chi connectivity index (χ0v) is 9.99. The fourth-order valence-electron chi connectivity index (χ4n) is 0.996.